The largest absolute Gasteiger partial charge is 0.493 e. The lowest BCUT2D eigenvalue weighted by atomic mass is 10.00. The number of piperidine rings is 1. The molecule has 3 aromatic rings. The Kier molecular flexibility index (Phi) is 6.17. The van der Waals surface area contributed by atoms with Gasteiger partial charge in [-0.3, -0.25) is 0 Å². The number of sulfonamides is 1. The summed E-state index contributed by atoms with van der Waals surface area (Å²) in [6.07, 6.45) is 1.44. The monoisotopic (exact) mass is 463 g/mol. The van der Waals surface area contributed by atoms with Crippen molar-refractivity contribution < 1.29 is 22.4 Å². The third-order valence-corrected chi connectivity index (χ3v) is 7.64. The molecule has 31 heavy (non-hydrogen) atoms. The van der Waals surface area contributed by atoms with Crippen molar-refractivity contribution in [2.75, 3.05) is 27.3 Å². The fourth-order valence-electron chi connectivity index (χ4n) is 3.65. The Balaban J connectivity index is 1.56. The molecular formula is C21H22ClN3O5S. The molecule has 10 heteroatoms. The molecule has 0 amide bonds. The molecule has 0 N–H and O–H groups in total. The van der Waals surface area contributed by atoms with E-state index >= 15 is 0 Å². The van der Waals surface area contributed by atoms with Crippen LogP contribution >= 0.6 is 11.6 Å². The second kappa shape index (κ2) is 8.86. The standard InChI is InChI=1S/C21H22ClN3O5S/c1-28-17-10-9-14(12-18(17)29-2)20-23-21(30-24-20)15-6-5-11-25(13-15)31(26,27)19-8-4-3-7-16(19)22/h3-4,7-10,12,15H,5-6,11,13H2,1-2H3. The normalized spacial score (nSPS) is 17.5. The van der Waals surface area contributed by atoms with Crippen LogP contribution in [0.3, 0.4) is 0 Å². The van der Waals surface area contributed by atoms with Gasteiger partial charge in [0.1, 0.15) is 4.90 Å². The smallest absolute Gasteiger partial charge is 0.244 e. The zero-order chi connectivity index (χ0) is 22.0. The minimum Gasteiger partial charge on any atom is -0.493 e. The van der Waals surface area contributed by atoms with Crippen LogP contribution < -0.4 is 9.47 Å². The number of hydrogen-bond donors (Lipinski definition) is 0. The van der Waals surface area contributed by atoms with Crippen molar-refractivity contribution in [3.05, 3.63) is 53.4 Å². The Morgan fingerprint density at radius 2 is 1.90 bits per heavy atom. The van der Waals surface area contributed by atoms with Crippen molar-refractivity contribution in [3.8, 4) is 22.9 Å². The average molecular weight is 464 g/mol. The highest BCUT2D eigenvalue weighted by atomic mass is 35.5. The van der Waals surface area contributed by atoms with Crippen molar-refractivity contribution >= 4 is 21.6 Å². The second-order valence-corrected chi connectivity index (χ2v) is 9.47. The minimum atomic E-state index is -3.71. The van der Waals surface area contributed by atoms with Gasteiger partial charge in [-0.2, -0.15) is 9.29 Å². The van der Waals surface area contributed by atoms with Gasteiger partial charge in [0.15, 0.2) is 11.5 Å². The molecule has 1 aromatic heterocycles. The van der Waals surface area contributed by atoms with Crippen molar-refractivity contribution in [2.45, 2.75) is 23.7 Å². The quantitative estimate of drug-likeness (QED) is 0.545. The van der Waals surface area contributed by atoms with E-state index in [-0.39, 0.29) is 22.4 Å². The highest BCUT2D eigenvalue weighted by Crippen LogP contribution is 2.34. The number of halogens is 1. The highest BCUT2D eigenvalue weighted by molar-refractivity contribution is 7.89. The summed E-state index contributed by atoms with van der Waals surface area (Å²) in [5.41, 5.74) is 0.712. The molecule has 0 saturated carbocycles. The SMILES string of the molecule is COc1ccc(-c2noc(C3CCCN(S(=O)(=O)c4ccccc4Cl)C3)n2)cc1OC. The highest BCUT2D eigenvalue weighted by Gasteiger charge is 2.34. The number of methoxy groups -OCH3 is 2. The molecule has 1 saturated heterocycles. The second-order valence-electron chi connectivity index (χ2n) is 7.16. The third kappa shape index (κ3) is 4.26. The van der Waals surface area contributed by atoms with E-state index in [4.69, 9.17) is 25.6 Å². The molecule has 2 aromatic carbocycles. The van der Waals surface area contributed by atoms with Crippen LogP contribution in [0.25, 0.3) is 11.4 Å². The molecule has 1 unspecified atom stereocenters. The molecule has 1 aliphatic heterocycles. The van der Waals surface area contributed by atoms with Gasteiger partial charge in [-0.1, -0.05) is 28.9 Å². The summed E-state index contributed by atoms with van der Waals surface area (Å²) < 4.78 is 43.7. The van der Waals surface area contributed by atoms with Crippen LogP contribution in [-0.4, -0.2) is 50.2 Å². The van der Waals surface area contributed by atoms with E-state index in [9.17, 15) is 8.42 Å². The number of ether oxygens (including phenoxy) is 2. The first-order valence-corrected chi connectivity index (χ1v) is 11.6. The van der Waals surface area contributed by atoms with Crippen LogP contribution in [0, 0.1) is 0 Å². The molecule has 1 fully saturated rings. The Hall–Kier alpha value is -2.62. The first-order valence-electron chi connectivity index (χ1n) is 9.74. The van der Waals surface area contributed by atoms with Crippen molar-refractivity contribution in [2.24, 2.45) is 0 Å². The van der Waals surface area contributed by atoms with E-state index in [2.05, 4.69) is 10.1 Å². The van der Waals surface area contributed by atoms with E-state index in [1.807, 2.05) is 6.07 Å². The molecule has 0 bridgehead atoms. The summed E-state index contributed by atoms with van der Waals surface area (Å²) >= 11 is 6.13. The van der Waals surface area contributed by atoms with Crippen LogP contribution in [0.15, 0.2) is 51.9 Å². The van der Waals surface area contributed by atoms with Crippen molar-refractivity contribution in [1.82, 2.24) is 14.4 Å². The molecular weight excluding hydrogens is 442 g/mol. The van der Waals surface area contributed by atoms with E-state index in [0.29, 0.717) is 41.7 Å². The molecule has 164 valence electrons. The van der Waals surface area contributed by atoms with E-state index in [1.54, 1.807) is 44.6 Å². The van der Waals surface area contributed by atoms with E-state index in [0.717, 1.165) is 6.42 Å². The number of aromatic nitrogens is 2. The van der Waals surface area contributed by atoms with Gasteiger partial charge in [-0.05, 0) is 43.2 Å². The van der Waals surface area contributed by atoms with Crippen LogP contribution in [0.2, 0.25) is 5.02 Å². The summed E-state index contributed by atoms with van der Waals surface area (Å²) in [6, 6.07) is 11.8. The average Bonchev–Trinajstić information content (AvgIpc) is 3.29. The van der Waals surface area contributed by atoms with Crippen LogP contribution in [0.4, 0.5) is 0 Å². The fourth-order valence-corrected chi connectivity index (χ4v) is 5.67. The summed E-state index contributed by atoms with van der Waals surface area (Å²) in [6.45, 7) is 0.669. The third-order valence-electron chi connectivity index (χ3n) is 5.27. The maximum Gasteiger partial charge on any atom is 0.244 e. The van der Waals surface area contributed by atoms with Gasteiger partial charge in [-0.25, -0.2) is 8.42 Å². The van der Waals surface area contributed by atoms with E-state index in [1.165, 1.54) is 10.4 Å². The molecule has 2 heterocycles. The number of hydrogen-bond acceptors (Lipinski definition) is 7. The number of benzene rings is 2. The summed E-state index contributed by atoms with van der Waals surface area (Å²) in [4.78, 5) is 4.63. The van der Waals surface area contributed by atoms with Gasteiger partial charge in [0.2, 0.25) is 21.7 Å². The minimum absolute atomic E-state index is 0.105. The molecule has 8 nitrogen and oxygen atoms in total. The Morgan fingerprint density at radius 1 is 1.13 bits per heavy atom. The Morgan fingerprint density at radius 3 is 2.65 bits per heavy atom. The Labute approximate surface area is 185 Å². The van der Waals surface area contributed by atoms with Gasteiger partial charge in [0, 0.05) is 18.7 Å². The van der Waals surface area contributed by atoms with Crippen molar-refractivity contribution in [3.63, 3.8) is 0 Å². The fraction of sp³-hybridized carbons (Fsp3) is 0.333. The first kappa shape index (κ1) is 21.6. The predicted octanol–water partition coefficient (Wildman–Crippen LogP) is 3.98. The summed E-state index contributed by atoms with van der Waals surface area (Å²) in [5, 5.41) is 4.29. The molecule has 0 spiro atoms. The lowest BCUT2D eigenvalue weighted by Gasteiger charge is -2.30. The topological polar surface area (TPSA) is 94.8 Å². The maximum atomic E-state index is 13.1. The maximum absolute atomic E-state index is 13.1. The Bertz CT molecular complexity index is 1180. The lowest BCUT2D eigenvalue weighted by molar-refractivity contribution is 0.265. The molecule has 1 aliphatic rings. The van der Waals surface area contributed by atoms with Gasteiger partial charge in [0.05, 0.1) is 25.2 Å². The first-order chi connectivity index (χ1) is 14.9. The van der Waals surface area contributed by atoms with Gasteiger partial charge in [-0.15, -0.1) is 0 Å². The van der Waals surface area contributed by atoms with E-state index < -0.39 is 10.0 Å². The van der Waals surface area contributed by atoms with Crippen LogP contribution in [0.5, 0.6) is 11.5 Å². The molecule has 0 aliphatic carbocycles. The van der Waals surface area contributed by atoms with Gasteiger partial charge < -0.3 is 14.0 Å². The van der Waals surface area contributed by atoms with Gasteiger partial charge >= 0.3 is 0 Å². The predicted molar refractivity (Wildman–Crippen MR) is 115 cm³/mol. The molecule has 0 radical (unpaired) electrons. The number of rotatable bonds is 6. The summed E-state index contributed by atoms with van der Waals surface area (Å²) in [7, 11) is -0.595. The van der Waals surface area contributed by atoms with Crippen molar-refractivity contribution in [1.29, 1.82) is 0 Å². The molecule has 4 rings (SSSR count). The van der Waals surface area contributed by atoms with Gasteiger partial charge in [0.25, 0.3) is 0 Å². The number of nitrogens with zero attached hydrogens (tertiary/aromatic N) is 3. The molecule has 1 atom stereocenters. The zero-order valence-electron chi connectivity index (χ0n) is 17.1. The summed E-state index contributed by atoms with van der Waals surface area (Å²) in [5.74, 6) is 1.77. The van der Waals surface area contributed by atoms with Crippen LogP contribution in [0.1, 0.15) is 24.7 Å². The lowest BCUT2D eigenvalue weighted by Crippen LogP contribution is -2.39. The zero-order valence-corrected chi connectivity index (χ0v) is 18.7. The van der Waals surface area contributed by atoms with Crippen LogP contribution in [-0.2, 0) is 10.0 Å².